The Morgan fingerprint density at radius 1 is 1.30 bits per heavy atom. The lowest BCUT2D eigenvalue weighted by Crippen LogP contribution is -2.20. The van der Waals surface area contributed by atoms with Gasteiger partial charge in [0.05, 0.1) is 4.92 Å². The molecule has 0 atom stereocenters. The van der Waals surface area contributed by atoms with Crippen LogP contribution in [-0.2, 0) is 0 Å². The zero-order valence-electron chi connectivity index (χ0n) is 11.3. The second-order valence-electron chi connectivity index (χ2n) is 4.18. The predicted octanol–water partition coefficient (Wildman–Crippen LogP) is 2.43. The molecule has 0 amide bonds. The fraction of sp³-hybridized carbons (Fsp3) is 0.231. The number of nitrogen functional groups attached to an aromatic ring is 1. The molecule has 0 saturated heterocycles. The molecule has 0 radical (unpaired) electrons. The fourth-order valence-corrected chi connectivity index (χ4v) is 2.04. The average molecular weight is 273 g/mol. The minimum atomic E-state index is -0.476. The summed E-state index contributed by atoms with van der Waals surface area (Å²) < 4.78 is 0. The molecular weight excluding hydrogens is 258 g/mol. The molecular formula is C13H15N5O2. The van der Waals surface area contributed by atoms with Crippen LogP contribution in [0.15, 0.2) is 30.3 Å². The van der Waals surface area contributed by atoms with Gasteiger partial charge in [0, 0.05) is 12.2 Å². The van der Waals surface area contributed by atoms with Crippen LogP contribution in [0.2, 0.25) is 0 Å². The summed E-state index contributed by atoms with van der Waals surface area (Å²) >= 11 is 0. The second-order valence-corrected chi connectivity index (χ2v) is 4.18. The third-order valence-electron chi connectivity index (χ3n) is 2.88. The number of hydrogen-bond acceptors (Lipinski definition) is 6. The molecule has 0 spiro atoms. The molecule has 20 heavy (non-hydrogen) atoms. The first-order valence-electron chi connectivity index (χ1n) is 6.15. The largest absolute Gasteiger partial charge is 0.368 e. The minimum absolute atomic E-state index is 0.0254. The third-order valence-corrected chi connectivity index (χ3v) is 2.88. The van der Waals surface area contributed by atoms with Gasteiger partial charge in [-0.15, -0.1) is 0 Å². The van der Waals surface area contributed by atoms with Crippen LogP contribution in [0, 0.1) is 17.0 Å². The van der Waals surface area contributed by atoms with Gasteiger partial charge in [-0.25, -0.2) is 4.98 Å². The molecule has 0 fully saturated rings. The molecule has 0 aliphatic carbocycles. The van der Waals surface area contributed by atoms with Crippen molar-refractivity contribution in [3.63, 3.8) is 0 Å². The maximum absolute atomic E-state index is 11.3. The molecule has 7 nitrogen and oxygen atoms in total. The summed E-state index contributed by atoms with van der Waals surface area (Å²) in [5, 5.41) is 11.3. The predicted molar refractivity (Wildman–Crippen MR) is 77.0 cm³/mol. The third kappa shape index (κ3) is 2.51. The van der Waals surface area contributed by atoms with Gasteiger partial charge in [-0.1, -0.05) is 18.2 Å². The summed E-state index contributed by atoms with van der Waals surface area (Å²) in [4.78, 5) is 20.4. The van der Waals surface area contributed by atoms with Crippen LogP contribution in [0.3, 0.4) is 0 Å². The maximum atomic E-state index is 11.3. The van der Waals surface area contributed by atoms with Crippen molar-refractivity contribution in [3.05, 3.63) is 46.1 Å². The van der Waals surface area contributed by atoms with Crippen molar-refractivity contribution in [2.75, 3.05) is 17.2 Å². The summed E-state index contributed by atoms with van der Waals surface area (Å²) in [6, 6.07) is 9.33. The smallest absolute Gasteiger partial charge is 0.333 e. The molecule has 0 aliphatic rings. The summed E-state index contributed by atoms with van der Waals surface area (Å²) in [7, 11) is 0. The highest BCUT2D eigenvalue weighted by Crippen LogP contribution is 2.33. The standard InChI is InChI=1S/C13H15N5O2/c1-3-17(10-7-5-4-6-8-10)12-11(18(19)20)9(2)15-13(14)16-12/h4-8H,3H2,1-2H3,(H2,14,15,16). The lowest BCUT2D eigenvalue weighted by molar-refractivity contribution is -0.385. The molecule has 7 heteroatoms. The Morgan fingerprint density at radius 2 is 1.95 bits per heavy atom. The molecule has 0 saturated carbocycles. The Morgan fingerprint density at radius 3 is 2.50 bits per heavy atom. The SMILES string of the molecule is CCN(c1ccccc1)c1nc(N)nc(C)c1[N+](=O)[O-]. The topological polar surface area (TPSA) is 98.2 Å². The van der Waals surface area contributed by atoms with Crippen molar-refractivity contribution in [2.45, 2.75) is 13.8 Å². The van der Waals surface area contributed by atoms with Gasteiger partial charge in [0.25, 0.3) is 0 Å². The van der Waals surface area contributed by atoms with Crippen LogP contribution in [-0.4, -0.2) is 21.4 Å². The van der Waals surface area contributed by atoms with E-state index < -0.39 is 4.92 Å². The highest BCUT2D eigenvalue weighted by atomic mass is 16.6. The van der Waals surface area contributed by atoms with E-state index in [1.807, 2.05) is 37.3 Å². The number of aromatic nitrogens is 2. The van der Waals surface area contributed by atoms with E-state index in [0.717, 1.165) is 5.69 Å². The van der Waals surface area contributed by atoms with E-state index in [4.69, 9.17) is 5.73 Å². The first-order chi connectivity index (χ1) is 9.54. The molecule has 1 heterocycles. The van der Waals surface area contributed by atoms with E-state index in [1.165, 1.54) is 0 Å². The van der Waals surface area contributed by atoms with Gasteiger partial charge >= 0.3 is 5.69 Å². The Hall–Kier alpha value is -2.70. The molecule has 2 N–H and O–H groups in total. The number of aryl methyl sites for hydroxylation is 1. The highest BCUT2D eigenvalue weighted by Gasteiger charge is 2.26. The van der Waals surface area contributed by atoms with E-state index in [-0.39, 0.29) is 23.1 Å². The van der Waals surface area contributed by atoms with Crippen LogP contribution in [0.25, 0.3) is 0 Å². The van der Waals surface area contributed by atoms with Gasteiger partial charge in [-0.2, -0.15) is 4.98 Å². The van der Waals surface area contributed by atoms with Gasteiger partial charge in [0.15, 0.2) is 0 Å². The van der Waals surface area contributed by atoms with E-state index in [0.29, 0.717) is 6.54 Å². The Bertz CT molecular complexity index is 630. The molecule has 0 unspecified atom stereocenters. The van der Waals surface area contributed by atoms with E-state index in [1.54, 1.807) is 11.8 Å². The van der Waals surface area contributed by atoms with Crippen LogP contribution >= 0.6 is 0 Å². The van der Waals surface area contributed by atoms with Crippen molar-refractivity contribution in [1.29, 1.82) is 0 Å². The van der Waals surface area contributed by atoms with Gasteiger partial charge in [0.2, 0.25) is 11.8 Å². The number of para-hydroxylation sites is 1. The van der Waals surface area contributed by atoms with Crippen LogP contribution < -0.4 is 10.6 Å². The van der Waals surface area contributed by atoms with E-state index in [2.05, 4.69) is 9.97 Å². The minimum Gasteiger partial charge on any atom is -0.368 e. The Balaban J connectivity index is 2.63. The monoisotopic (exact) mass is 273 g/mol. The maximum Gasteiger partial charge on any atom is 0.333 e. The summed E-state index contributed by atoms with van der Waals surface area (Å²) in [6.45, 7) is 3.98. The highest BCUT2D eigenvalue weighted by molar-refractivity contribution is 5.70. The first kappa shape index (κ1) is 13.7. The van der Waals surface area contributed by atoms with Crippen LogP contribution in [0.4, 0.5) is 23.1 Å². The van der Waals surface area contributed by atoms with Crippen LogP contribution in [0.5, 0.6) is 0 Å². The summed E-state index contributed by atoms with van der Waals surface area (Å²) in [5.41, 5.74) is 6.58. The molecule has 2 aromatic rings. The van der Waals surface area contributed by atoms with E-state index >= 15 is 0 Å². The number of benzene rings is 1. The number of rotatable bonds is 4. The number of nitrogens with two attached hydrogens (primary N) is 1. The summed E-state index contributed by atoms with van der Waals surface area (Å²) in [6.07, 6.45) is 0. The average Bonchev–Trinajstić information content (AvgIpc) is 2.39. The molecule has 2 rings (SSSR count). The summed E-state index contributed by atoms with van der Waals surface area (Å²) in [5.74, 6) is 0.242. The van der Waals surface area contributed by atoms with Crippen molar-refractivity contribution in [2.24, 2.45) is 0 Å². The Kier molecular flexibility index (Phi) is 3.79. The van der Waals surface area contributed by atoms with Crippen molar-refractivity contribution < 1.29 is 4.92 Å². The quantitative estimate of drug-likeness (QED) is 0.678. The van der Waals surface area contributed by atoms with Gasteiger partial charge in [-0.3, -0.25) is 10.1 Å². The normalized spacial score (nSPS) is 10.3. The van der Waals surface area contributed by atoms with Crippen molar-refractivity contribution >= 4 is 23.1 Å². The van der Waals surface area contributed by atoms with Crippen LogP contribution in [0.1, 0.15) is 12.6 Å². The Labute approximate surface area is 116 Å². The number of nitro groups is 1. The zero-order chi connectivity index (χ0) is 14.7. The van der Waals surface area contributed by atoms with Gasteiger partial charge in [-0.05, 0) is 26.0 Å². The zero-order valence-corrected chi connectivity index (χ0v) is 11.3. The molecule has 104 valence electrons. The lowest BCUT2D eigenvalue weighted by Gasteiger charge is -2.22. The van der Waals surface area contributed by atoms with Crippen molar-refractivity contribution in [1.82, 2.24) is 9.97 Å². The van der Waals surface area contributed by atoms with Crippen molar-refractivity contribution in [3.8, 4) is 0 Å². The second kappa shape index (κ2) is 5.52. The molecule has 0 aliphatic heterocycles. The first-order valence-corrected chi connectivity index (χ1v) is 6.15. The van der Waals surface area contributed by atoms with Gasteiger partial charge in [0.1, 0.15) is 5.69 Å². The number of hydrogen-bond donors (Lipinski definition) is 1. The fourth-order valence-electron chi connectivity index (χ4n) is 2.04. The lowest BCUT2D eigenvalue weighted by atomic mass is 10.2. The number of nitrogens with zero attached hydrogens (tertiary/aromatic N) is 4. The molecule has 1 aromatic heterocycles. The number of anilines is 3. The van der Waals surface area contributed by atoms with Gasteiger partial charge < -0.3 is 10.6 Å². The molecule has 0 bridgehead atoms. The van der Waals surface area contributed by atoms with E-state index in [9.17, 15) is 10.1 Å². The molecule has 1 aromatic carbocycles.